The van der Waals surface area contributed by atoms with Crippen LogP contribution in [0, 0.1) is 0 Å². The molecule has 0 bridgehead atoms. The zero-order chi connectivity index (χ0) is 36.3. The molecule has 0 N–H and O–H groups in total. The van der Waals surface area contributed by atoms with E-state index in [1.807, 2.05) is 23.5 Å². The Hall–Kier alpha value is -6.94. The Morgan fingerprint density at radius 3 is 1.95 bits per heavy atom. The normalized spacial score (nSPS) is 11.6. The van der Waals surface area contributed by atoms with Crippen molar-refractivity contribution in [2.24, 2.45) is 0 Å². The molecule has 258 valence electrons. The van der Waals surface area contributed by atoms with E-state index in [0.29, 0.717) is 0 Å². The van der Waals surface area contributed by atoms with Gasteiger partial charge in [0, 0.05) is 47.9 Å². The maximum atomic E-state index is 6.20. The summed E-state index contributed by atoms with van der Waals surface area (Å²) >= 11 is 1.85. The van der Waals surface area contributed by atoms with Crippen molar-refractivity contribution in [3.8, 4) is 33.4 Å². The molecule has 0 saturated heterocycles. The molecule has 2 aromatic heterocycles. The Labute approximate surface area is 322 Å². The quantitative estimate of drug-likeness (QED) is 0.170. The van der Waals surface area contributed by atoms with Crippen molar-refractivity contribution in [1.82, 2.24) is 0 Å². The van der Waals surface area contributed by atoms with Crippen LogP contribution in [0.1, 0.15) is 0 Å². The summed E-state index contributed by atoms with van der Waals surface area (Å²) in [5.41, 5.74) is 12.1. The van der Waals surface area contributed by atoms with Gasteiger partial charge in [0.05, 0.1) is 5.69 Å². The highest BCUT2D eigenvalue weighted by Gasteiger charge is 2.21. The van der Waals surface area contributed by atoms with Crippen molar-refractivity contribution in [2.45, 2.75) is 0 Å². The zero-order valence-corrected chi connectivity index (χ0v) is 30.6. The van der Waals surface area contributed by atoms with Crippen LogP contribution in [0.4, 0.5) is 17.1 Å². The highest BCUT2D eigenvalue weighted by atomic mass is 32.1. The van der Waals surface area contributed by atoms with E-state index in [-0.39, 0.29) is 0 Å². The van der Waals surface area contributed by atoms with Crippen LogP contribution in [0.5, 0.6) is 0 Å². The van der Waals surface area contributed by atoms with Crippen LogP contribution in [0.25, 0.3) is 86.3 Å². The van der Waals surface area contributed by atoms with Crippen LogP contribution in [0.15, 0.2) is 205 Å². The van der Waals surface area contributed by atoms with E-state index in [1.165, 1.54) is 47.6 Å². The molecule has 0 aliphatic heterocycles. The lowest BCUT2D eigenvalue weighted by atomic mass is 9.94. The average Bonchev–Trinajstić information content (AvgIpc) is 3.82. The van der Waals surface area contributed by atoms with Crippen LogP contribution in [-0.2, 0) is 0 Å². The molecule has 0 fully saturated rings. The molecule has 0 spiro atoms. The Balaban J connectivity index is 1.17. The predicted octanol–water partition coefficient (Wildman–Crippen LogP) is 15.6. The third-order valence-corrected chi connectivity index (χ3v) is 12.0. The summed E-state index contributed by atoms with van der Waals surface area (Å²) in [6, 6.07) is 72.5. The first-order valence-electron chi connectivity index (χ1n) is 18.7. The number of benzene rings is 9. The van der Waals surface area contributed by atoms with Crippen LogP contribution in [0.2, 0.25) is 0 Å². The second-order valence-corrected chi connectivity index (χ2v) is 15.2. The van der Waals surface area contributed by atoms with Gasteiger partial charge in [-0.1, -0.05) is 140 Å². The molecule has 9 aromatic carbocycles. The van der Waals surface area contributed by atoms with Crippen molar-refractivity contribution in [3.05, 3.63) is 200 Å². The van der Waals surface area contributed by atoms with Gasteiger partial charge in [0.25, 0.3) is 0 Å². The molecular weight excluding hydrogens is 687 g/mol. The predicted molar refractivity (Wildman–Crippen MR) is 235 cm³/mol. The number of thiophene rings is 1. The summed E-state index contributed by atoms with van der Waals surface area (Å²) < 4.78 is 8.79. The maximum absolute atomic E-state index is 6.20. The summed E-state index contributed by atoms with van der Waals surface area (Å²) in [5.74, 6) is 0. The number of anilines is 3. The summed E-state index contributed by atoms with van der Waals surface area (Å²) in [6.45, 7) is 0. The van der Waals surface area contributed by atoms with Crippen LogP contribution < -0.4 is 4.90 Å². The maximum Gasteiger partial charge on any atom is 0.135 e. The number of hydrogen-bond acceptors (Lipinski definition) is 3. The SMILES string of the molecule is c1ccc(-c2ccc(-c3cccc4ccccc34)cc2N(c2cccc(-c3ccc4oc5ccccc5c4c3)c2)c2ccc3sc4ccccc4c3c2)cc1. The standard InChI is InChI=1S/C52H33NOS/c1-2-12-35(13-3-1)43-27-24-38(42-21-11-15-34-14-4-5-18-41(34)42)32-48(43)53(40-26-29-52-47(33-40)45-20-7-9-23-51(45)55-52)39-17-10-16-36(30-39)37-25-28-50-46(31-37)44-19-6-8-22-49(44)54-50/h1-33H. The zero-order valence-electron chi connectivity index (χ0n) is 29.8. The summed E-state index contributed by atoms with van der Waals surface area (Å²) in [6.07, 6.45) is 0. The van der Waals surface area contributed by atoms with E-state index in [4.69, 9.17) is 4.42 Å². The average molecular weight is 720 g/mol. The highest BCUT2D eigenvalue weighted by molar-refractivity contribution is 7.25. The van der Waals surface area contributed by atoms with Crippen molar-refractivity contribution >= 4 is 81.3 Å². The van der Waals surface area contributed by atoms with E-state index in [0.717, 1.165) is 55.7 Å². The molecule has 0 saturated carbocycles. The Morgan fingerprint density at radius 2 is 1.02 bits per heavy atom. The first-order valence-corrected chi connectivity index (χ1v) is 19.5. The molecule has 0 amide bonds. The lowest BCUT2D eigenvalue weighted by Crippen LogP contribution is -2.11. The van der Waals surface area contributed by atoms with Gasteiger partial charge in [-0.2, -0.15) is 0 Å². The number of nitrogens with zero attached hydrogens (tertiary/aromatic N) is 1. The third-order valence-electron chi connectivity index (χ3n) is 10.9. The fraction of sp³-hybridized carbons (Fsp3) is 0. The summed E-state index contributed by atoms with van der Waals surface area (Å²) in [5, 5.41) is 7.28. The smallest absolute Gasteiger partial charge is 0.135 e. The van der Waals surface area contributed by atoms with Crippen LogP contribution in [-0.4, -0.2) is 0 Å². The van der Waals surface area contributed by atoms with Crippen LogP contribution >= 0.6 is 11.3 Å². The molecule has 11 aromatic rings. The lowest BCUT2D eigenvalue weighted by molar-refractivity contribution is 0.669. The number of para-hydroxylation sites is 1. The molecule has 2 nitrogen and oxygen atoms in total. The molecule has 11 rings (SSSR count). The minimum Gasteiger partial charge on any atom is -0.456 e. The second-order valence-electron chi connectivity index (χ2n) is 14.1. The van der Waals surface area contributed by atoms with Gasteiger partial charge >= 0.3 is 0 Å². The highest BCUT2D eigenvalue weighted by Crippen LogP contribution is 2.46. The minimum absolute atomic E-state index is 0.900. The Morgan fingerprint density at radius 1 is 0.345 bits per heavy atom. The van der Waals surface area contributed by atoms with E-state index < -0.39 is 0 Å². The minimum atomic E-state index is 0.900. The van der Waals surface area contributed by atoms with Gasteiger partial charge in [-0.25, -0.2) is 0 Å². The fourth-order valence-corrected chi connectivity index (χ4v) is 9.32. The molecule has 0 aliphatic carbocycles. The molecular formula is C52H33NOS. The van der Waals surface area contributed by atoms with Gasteiger partial charge in [0.15, 0.2) is 0 Å². The van der Waals surface area contributed by atoms with E-state index in [1.54, 1.807) is 0 Å². The summed E-state index contributed by atoms with van der Waals surface area (Å²) in [4.78, 5) is 2.46. The molecule has 0 atom stereocenters. The van der Waals surface area contributed by atoms with Gasteiger partial charge in [-0.15, -0.1) is 11.3 Å². The molecule has 0 aliphatic rings. The third kappa shape index (κ3) is 5.40. The van der Waals surface area contributed by atoms with Crippen LogP contribution in [0.3, 0.4) is 0 Å². The molecule has 55 heavy (non-hydrogen) atoms. The Bertz CT molecular complexity index is 3220. The molecule has 0 radical (unpaired) electrons. The van der Waals surface area contributed by atoms with Crippen molar-refractivity contribution < 1.29 is 4.42 Å². The number of hydrogen-bond donors (Lipinski definition) is 0. The number of rotatable bonds is 6. The summed E-state index contributed by atoms with van der Waals surface area (Å²) in [7, 11) is 0. The molecule has 2 heterocycles. The van der Waals surface area contributed by atoms with Gasteiger partial charge < -0.3 is 9.32 Å². The van der Waals surface area contributed by atoms with Crippen molar-refractivity contribution in [1.29, 1.82) is 0 Å². The second kappa shape index (κ2) is 12.9. The Kier molecular flexibility index (Phi) is 7.39. The largest absolute Gasteiger partial charge is 0.456 e. The number of fused-ring (bicyclic) bond motifs is 7. The molecule has 3 heteroatoms. The first-order chi connectivity index (χ1) is 27.2. The first kappa shape index (κ1) is 31.6. The fourth-order valence-electron chi connectivity index (χ4n) is 8.23. The van der Waals surface area contributed by atoms with E-state index in [2.05, 4.69) is 193 Å². The lowest BCUT2D eigenvalue weighted by Gasteiger charge is -2.29. The van der Waals surface area contributed by atoms with Gasteiger partial charge in [0.1, 0.15) is 11.2 Å². The number of furan rings is 1. The van der Waals surface area contributed by atoms with Gasteiger partial charge in [-0.3, -0.25) is 0 Å². The van der Waals surface area contributed by atoms with Crippen molar-refractivity contribution in [3.63, 3.8) is 0 Å². The van der Waals surface area contributed by atoms with E-state index in [9.17, 15) is 0 Å². The van der Waals surface area contributed by atoms with Gasteiger partial charge in [0.2, 0.25) is 0 Å². The molecule has 0 unspecified atom stereocenters. The van der Waals surface area contributed by atoms with E-state index >= 15 is 0 Å². The van der Waals surface area contributed by atoms with Crippen molar-refractivity contribution in [2.75, 3.05) is 4.90 Å². The van der Waals surface area contributed by atoms with Gasteiger partial charge in [-0.05, 0) is 99.3 Å². The topological polar surface area (TPSA) is 16.4 Å². The monoisotopic (exact) mass is 719 g/mol.